The van der Waals surface area contributed by atoms with E-state index in [0.717, 1.165) is 11.1 Å². The molecule has 0 saturated carbocycles. The number of halogens is 3. The first-order chi connectivity index (χ1) is 6.82. The second-order valence-corrected chi connectivity index (χ2v) is 3.46. The van der Waals surface area contributed by atoms with Crippen LogP contribution in [0, 0.1) is 13.8 Å². The van der Waals surface area contributed by atoms with E-state index >= 15 is 0 Å². The molecule has 1 aromatic rings. The Kier molecular flexibility index (Phi) is 3.17. The minimum Gasteiger partial charge on any atom is -0.289 e. The molecule has 0 aliphatic rings. The van der Waals surface area contributed by atoms with Gasteiger partial charge < -0.3 is 0 Å². The number of ketones is 1. The quantitative estimate of drug-likeness (QED) is 0.742. The van der Waals surface area contributed by atoms with Crippen molar-refractivity contribution in [1.82, 2.24) is 0 Å². The summed E-state index contributed by atoms with van der Waals surface area (Å²) in [4.78, 5) is 10.8. The van der Waals surface area contributed by atoms with E-state index in [1.54, 1.807) is 32.0 Å². The van der Waals surface area contributed by atoms with E-state index < -0.39 is 18.4 Å². The molecule has 4 heteroatoms. The van der Waals surface area contributed by atoms with Gasteiger partial charge in [-0.15, -0.1) is 0 Å². The van der Waals surface area contributed by atoms with E-state index in [1.807, 2.05) is 0 Å². The molecule has 1 aromatic carbocycles. The van der Waals surface area contributed by atoms with E-state index in [0.29, 0.717) is 5.56 Å². The normalized spacial score (nSPS) is 11.5. The standard InChI is InChI=1S/C11H11F3O/c1-7-4-3-5-9(8(7)2)6-10(15)11(12,13)14/h3-5H,6H2,1-2H3. The molecule has 0 amide bonds. The van der Waals surface area contributed by atoms with Crippen molar-refractivity contribution >= 4 is 5.78 Å². The Labute approximate surface area is 85.9 Å². The zero-order valence-electron chi connectivity index (χ0n) is 8.48. The van der Waals surface area contributed by atoms with E-state index in [-0.39, 0.29) is 0 Å². The summed E-state index contributed by atoms with van der Waals surface area (Å²) in [5.74, 6) is -1.70. The molecule has 1 rings (SSSR count). The third-order valence-electron chi connectivity index (χ3n) is 2.38. The number of carbonyl (C=O) groups is 1. The van der Waals surface area contributed by atoms with Crippen molar-refractivity contribution in [2.24, 2.45) is 0 Å². The molecule has 0 aliphatic heterocycles. The summed E-state index contributed by atoms with van der Waals surface area (Å²) >= 11 is 0. The van der Waals surface area contributed by atoms with Gasteiger partial charge in [-0.2, -0.15) is 13.2 Å². The second kappa shape index (κ2) is 4.04. The maximum atomic E-state index is 12.0. The first-order valence-electron chi connectivity index (χ1n) is 4.47. The number of benzene rings is 1. The largest absolute Gasteiger partial charge is 0.450 e. The molecule has 0 aliphatic carbocycles. The Morgan fingerprint density at radius 3 is 2.40 bits per heavy atom. The van der Waals surface area contributed by atoms with Crippen LogP contribution >= 0.6 is 0 Å². The van der Waals surface area contributed by atoms with E-state index in [9.17, 15) is 18.0 Å². The SMILES string of the molecule is Cc1cccc(CC(=O)C(F)(F)F)c1C. The number of carbonyl (C=O) groups excluding carboxylic acids is 1. The molecule has 0 aromatic heterocycles. The summed E-state index contributed by atoms with van der Waals surface area (Å²) < 4.78 is 36.1. The van der Waals surface area contributed by atoms with Crippen LogP contribution in [0.25, 0.3) is 0 Å². The highest BCUT2D eigenvalue weighted by Gasteiger charge is 2.37. The minimum atomic E-state index is -4.74. The van der Waals surface area contributed by atoms with Gasteiger partial charge in [0.05, 0.1) is 0 Å². The average Bonchev–Trinajstić information content (AvgIpc) is 2.11. The van der Waals surface area contributed by atoms with Crippen molar-refractivity contribution in [3.05, 3.63) is 34.9 Å². The van der Waals surface area contributed by atoms with E-state index in [1.165, 1.54) is 0 Å². The summed E-state index contributed by atoms with van der Waals surface area (Å²) in [6.45, 7) is 3.52. The van der Waals surface area contributed by atoms with Crippen LogP contribution in [0.15, 0.2) is 18.2 Å². The predicted octanol–water partition coefficient (Wildman–Crippen LogP) is 2.98. The molecule has 0 radical (unpaired) electrons. The van der Waals surface area contributed by atoms with Crippen molar-refractivity contribution in [3.63, 3.8) is 0 Å². The van der Waals surface area contributed by atoms with Gasteiger partial charge in [0, 0.05) is 6.42 Å². The monoisotopic (exact) mass is 216 g/mol. The van der Waals surface area contributed by atoms with Crippen molar-refractivity contribution in [2.45, 2.75) is 26.4 Å². The van der Waals surface area contributed by atoms with Gasteiger partial charge in [0.1, 0.15) is 0 Å². The number of hydrogen-bond donors (Lipinski definition) is 0. The third kappa shape index (κ3) is 2.81. The van der Waals surface area contributed by atoms with Gasteiger partial charge in [0.25, 0.3) is 0 Å². The lowest BCUT2D eigenvalue weighted by Crippen LogP contribution is -2.24. The van der Waals surface area contributed by atoms with Gasteiger partial charge in [0.15, 0.2) is 0 Å². The lowest BCUT2D eigenvalue weighted by Gasteiger charge is -2.09. The number of alkyl halides is 3. The summed E-state index contributed by atoms with van der Waals surface area (Å²) in [5.41, 5.74) is 2.08. The number of Topliss-reactive ketones (excluding diaryl/α,β-unsaturated/α-hetero) is 1. The van der Waals surface area contributed by atoms with Crippen LogP contribution in [-0.2, 0) is 11.2 Å². The van der Waals surface area contributed by atoms with Crippen LogP contribution in [0.3, 0.4) is 0 Å². The van der Waals surface area contributed by atoms with Crippen molar-refractivity contribution in [3.8, 4) is 0 Å². The zero-order valence-corrected chi connectivity index (χ0v) is 8.48. The first kappa shape index (κ1) is 11.8. The molecule has 1 nitrogen and oxygen atoms in total. The minimum absolute atomic E-state index is 0.442. The Balaban J connectivity index is 2.91. The summed E-state index contributed by atoms with van der Waals surface area (Å²) in [5, 5.41) is 0. The van der Waals surface area contributed by atoms with Gasteiger partial charge in [-0.1, -0.05) is 18.2 Å². The molecule has 82 valence electrons. The fraction of sp³-hybridized carbons (Fsp3) is 0.364. The Hall–Kier alpha value is -1.32. The number of aryl methyl sites for hydroxylation is 1. The molecular weight excluding hydrogens is 205 g/mol. The zero-order chi connectivity index (χ0) is 11.6. The molecule has 0 bridgehead atoms. The lowest BCUT2D eigenvalue weighted by atomic mass is 9.99. The molecule has 0 spiro atoms. The molecule has 0 atom stereocenters. The van der Waals surface area contributed by atoms with Crippen molar-refractivity contribution in [2.75, 3.05) is 0 Å². The van der Waals surface area contributed by atoms with Crippen LogP contribution in [0.5, 0.6) is 0 Å². The van der Waals surface area contributed by atoms with Crippen LogP contribution in [0.1, 0.15) is 16.7 Å². The number of rotatable bonds is 2. The second-order valence-electron chi connectivity index (χ2n) is 3.46. The van der Waals surface area contributed by atoms with Gasteiger partial charge in [-0.05, 0) is 30.5 Å². The van der Waals surface area contributed by atoms with Crippen molar-refractivity contribution in [1.29, 1.82) is 0 Å². The molecule has 0 N–H and O–H groups in total. The molecular formula is C11H11F3O. The molecule has 15 heavy (non-hydrogen) atoms. The molecule has 0 unspecified atom stereocenters. The highest BCUT2D eigenvalue weighted by molar-refractivity contribution is 5.86. The maximum absolute atomic E-state index is 12.0. The average molecular weight is 216 g/mol. The summed E-state index contributed by atoms with van der Waals surface area (Å²) in [6.07, 6.45) is -5.31. The van der Waals surface area contributed by atoms with Gasteiger partial charge >= 0.3 is 6.18 Å². The molecule has 0 heterocycles. The van der Waals surface area contributed by atoms with Gasteiger partial charge in [0.2, 0.25) is 5.78 Å². The fourth-order valence-corrected chi connectivity index (χ4v) is 1.28. The summed E-state index contributed by atoms with van der Waals surface area (Å²) in [6, 6.07) is 5.00. The van der Waals surface area contributed by atoms with Gasteiger partial charge in [-0.3, -0.25) is 4.79 Å². The summed E-state index contributed by atoms with van der Waals surface area (Å²) in [7, 11) is 0. The Morgan fingerprint density at radius 2 is 1.87 bits per heavy atom. The van der Waals surface area contributed by atoms with E-state index in [2.05, 4.69) is 0 Å². The first-order valence-corrected chi connectivity index (χ1v) is 4.47. The lowest BCUT2D eigenvalue weighted by molar-refractivity contribution is -0.170. The highest BCUT2D eigenvalue weighted by Crippen LogP contribution is 2.21. The van der Waals surface area contributed by atoms with Crippen LogP contribution in [0.4, 0.5) is 13.2 Å². The Bertz CT molecular complexity index is 380. The Morgan fingerprint density at radius 1 is 1.27 bits per heavy atom. The highest BCUT2D eigenvalue weighted by atomic mass is 19.4. The predicted molar refractivity (Wildman–Crippen MR) is 50.7 cm³/mol. The van der Waals surface area contributed by atoms with Crippen molar-refractivity contribution < 1.29 is 18.0 Å². The number of hydrogen-bond acceptors (Lipinski definition) is 1. The molecule has 0 saturated heterocycles. The van der Waals surface area contributed by atoms with Crippen LogP contribution < -0.4 is 0 Å². The maximum Gasteiger partial charge on any atom is 0.450 e. The van der Waals surface area contributed by atoms with Gasteiger partial charge in [-0.25, -0.2) is 0 Å². The van der Waals surface area contributed by atoms with Crippen LogP contribution in [-0.4, -0.2) is 12.0 Å². The molecule has 0 fully saturated rings. The van der Waals surface area contributed by atoms with Crippen LogP contribution in [0.2, 0.25) is 0 Å². The smallest absolute Gasteiger partial charge is 0.289 e. The topological polar surface area (TPSA) is 17.1 Å². The fourth-order valence-electron chi connectivity index (χ4n) is 1.28. The van der Waals surface area contributed by atoms with E-state index in [4.69, 9.17) is 0 Å². The third-order valence-corrected chi connectivity index (χ3v) is 2.38.